The van der Waals surface area contributed by atoms with Gasteiger partial charge >= 0.3 is 0 Å². The van der Waals surface area contributed by atoms with Crippen molar-refractivity contribution in [1.82, 2.24) is 5.43 Å². The number of nitrogens with one attached hydrogen (secondary N) is 2. The van der Waals surface area contributed by atoms with Gasteiger partial charge in [0.2, 0.25) is 0 Å². The summed E-state index contributed by atoms with van der Waals surface area (Å²) in [6, 6.07) is 12.4. The predicted octanol–water partition coefficient (Wildman–Crippen LogP) is 2.55. The molecular weight excluding hydrogens is 246 g/mol. The van der Waals surface area contributed by atoms with Crippen LogP contribution in [0.15, 0.2) is 53.7 Å². The molecule has 0 aromatic heterocycles. The van der Waals surface area contributed by atoms with Gasteiger partial charge in [-0.15, -0.1) is 4.91 Å². The normalized spacial score (nSPS) is 9.68. The van der Waals surface area contributed by atoms with E-state index in [0.717, 1.165) is 0 Å². The van der Waals surface area contributed by atoms with Crippen molar-refractivity contribution in [3.05, 3.63) is 59.0 Å². The van der Waals surface area contributed by atoms with Crippen LogP contribution in [0.3, 0.4) is 0 Å². The predicted molar refractivity (Wildman–Crippen MR) is 71.1 cm³/mol. The Labute approximate surface area is 109 Å². The molecule has 0 bridgehead atoms. The molecule has 0 aliphatic heterocycles. The minimum absolute atomic E-state index is 0.0951. The highest BCUT2D eigenvalue weighted by Crippen LogP contribution is 2.17. The summed E-state index contributed by atoms with van der Waals surface area (Å²) in [5, 5.41) is 12.3. The number of para-hydroxylation sites is 1. The van der Waals surface area contributed by atoms with Crippen molar-refractivity contribution < 1.29 is 9.90 Å². The summed E-state index contributed by atoms with van der Waals surface area (Å²) in [5.74, 6) is -0.557. The first-order valence-corrected chi connectivity index (χ1v) is 5.48. The molecule has 96 valence electrons. The zero-order valence-electron chi connectivity index (χ0n) is 9.83. The van der Waals surface area contributed by atoms with E-state index in [1.165, 1.54) is 24.3 Å². The first-order chi connectivity index (χ1) is 9.20. The van der Waals surface area contributed by atoms with Crippen LogP contribution in [0.1, 0.15) is 10.4 Å². The van der Waals surface area contributed by atoms with Gasteiger partial charge in [0.05, 0.1) is 11.3 Å². The molecule has 2 aromatic carbocycles. The topological polar surface area (TPSA) is 90.8 Å². The third-order valence-corrected chi connectivity index (χ3v) is 2.44. The molecule has 6 nitrogen and oxygen atoms in total. The summed E-state index contributed by atoms with van der Waals surface area (Å²) in [4.78, 5) is 22.0. The van der Waals surface area contributed by atoms with Crippen LogP contribution in [0.25, 0.3) is 0 Å². The Balaban J connectivity index is 2.00. The average Bonchev–Trinajstić information content (AvgIpc) is 2.46. The maximum atomic E-state index is 11.8. The lowest BCUT2D eigenvalue weighted by Crippen LogP contribution is -2.29. The van der Waals surface area contributed by atoms with Gasteiger partial charge in [0.1, 0.15) is 11.4 Å². The van der Waals surface area contributed by atoms with Gasteiger partial charge in [0.25, 0.3) is 5.91 Å². The van der Waals surface area contributed by atoms with E-state index in [1.54, 1.807) is 24.3 Å². The van der Waals surface area contributed by atoms with Crippen molar-refractivity contribution in [2.75, 3.05) is 5.43 Å². The zero-order chi connectivity index (χ0) is 13.7. The second-order valence-electron chi connectivity index (χ2n) is 3.73. The number of hydrazine groups is 1. The van der Waals surface area contributed by atoms with Crippen LogP contribution < -0.4 is 10.9 Å². The van der Waals surface area contributed by atoms with Gasteiger partial charge in [-0.25, -0.2) is 0 Å². The number of phenolic OH excluding ortho intramolecular Hbond substituents is 1. The lowest BCUT2D eigenvalue weighted by molar-refractivity contribution is 0.0960. The van der Waals surface area contributed by atoms with Crippen LogP contribution in [0.5, 0.6) is 5.75 Å². The quantitative estimate of drug-likeness (QED) is 0.580. The molecular formula is C13H11N3O3. The van der Waals surface area contributed by atoms with Gasteiger partial charge in [-0.3, -0.25) is 15.6 Å². The third-order valence-electron chi connectivity index (χ3n) is 2.44. The number of aromatic hydroxyl groups is 1. The standard InChI is InChI=1S/C13H11N3O3/c17-12-4-2-1-3-11(12)13(18)15-14-9-5-7-10(16-19)8-6-9/h1-8,14,17H,(H,15,18). The number of benzene rings is 2. The molecule has 0 aliphatic carbocycles. The maximum absolute atomic E-state index is 11.8. The molecule has 3 N–H and O–H groups in total. The van der Waals surface area contributed by atoms with Gasteiger partial charge in [0, 0.05) is 0 Å². The molecule has 2 aromatic rings. The summed E-state index contributed by atoms with van der Waals surface area (Å²) in [5.41, 5.74) is 6.17. The Morgan fingerprint density at radius 1 is 1.05 bits per heavy atom. The smallest absolute Gasteiger partial charge is 0.273 e. The highest BCUT2D eigenvalue weighted by molar-refractivity contribution is 5.97. The zero-order valence-corrected chi connectivity index (χ0v) is 9.83. The number of hydrogen-bond acceptors (Lipinski definition) is 5. The molecule has 0 radical (unpaired) electrons. The Morgan fingerprint density at radius 2 is 1.74 bits per heavy atom. The number of nitroso groups, excluding NO2 is 1. The molecule has 0 saturated heterocycles. The van der Waals surface area contributed by atoms with Crippen LogP contribution in [0.2, 0.25) is 0 Å². The number of nitrogens with zero attached hydrogens (tertiary/aromatic N) is 1. The Hall–Kier alpha value is -2.89. The van der Waals surface area contributed by atoms with Crippen molar-refractivity contribution in [2.24, 2.45) is 5.18 Å². The largest absolute Gasteiger partial charge is 0.507 e. The van der Waals surface area contributed by atoms with Crippen molar-refractivity contribution >= 4 is 17.3 Å². The van der Waals surface area contributed by atoms with Gasteiger partial charge in [-0.05, 0) is 41.6 Å². The summed E-state index contributed by atoms with van der Waals surface area (Å²) >= 11 is 0. The molecule has 0 aliphatic rings. The van der Waals surface area contributed by atoms with Crippen molar-refractivity contribution in [3.63, 3.8) is 0 Å². The monoisotopic (exact) mass is 257 g/mol. The van der Waals surface area contributed by atoms with Crippen molar-refractivity contribution in [3.8, 4) is 5.75 Å². The maximum Gasteiger partial charge on any atom is 0.273 e. The highest BCUT2D eigenvalue weighted by Gasteiger charge is 2.09. The van der Waals surface area contributed by atoms with Crippen LogP contribution >= 0.6 is 0 Å². The molecule has 0 heterocycles. The van der Waals surface area contributed by atoms with Gasteiger partial charge in [0.15, 0.2) is 0 Å². The fraction of sp³-hybridized carbons (Fsp3) is 0. The number of amides is 1. The molecule has 0 fully saturated rings. The van der Waals surface area contributed by atoms with E-state index in [2.05, 4.69) is 16.0 Å². The van der Waals surface area contributed by atoms with Crippen LogP contribution in [-0.2, 0) is 0 Å². The molecule has 0 spiro atoms. The number of carbonyl (C=O) groups excluding carboxylic acids is 1. The lowest BCUT2D eigenvalue weighted by Gasteiger charge is -2.09. The Kier molecular flexibility index (Phi) is 3.72. The van der Waals surface area contributed by atoms with Gasteiger partial charge in [-0.1, -0.05) is 12.1 Å². The second kappa shape index (κ2) is 5.63. The number of hydrogen-bond donors (Lipinski definition) is 3. The Bertz CT molecular complexity index is 596. The SMILES string of the molecule is O=Nc1ccc(NNC(=O)c2ccccc2O)cc1. The lowest BCUT2D eigenvalue weighted by atomic mass is 10.2. The van der Waals surface area contributed by atoms with Gasteiger partial charge in [-0.2, -0.15) is 0 Å². The van der Waals surface area contributed by atoms with E-state index < -0.39 is 5.91 Å². The number of carbonyl (C=O) groups is 1. The summed E-state index contributed by atoms with van der Waals surface area (Å²) in [7, 11) is 0. The second-order valence-corrected chi connectivity index (χ2v) is 3.73. The molecule has 0 unspecified atom stereocenters. The molecule has 2 rings (SSSR count). The number of anilines is 1. The van der Waals surface area contributed by atoms with E-state index in [-0.39, 0.29) is 11.3 Å². The summed E-state index contributed by atoms with van der Waals surface area (Å²) in [6.07, 6.45) is 0. The minimum Gasteiger partial charge on any atom is -0.507 e. The fourth-order valence-electron chi connectivity index (χ4n) is 1.47. The number of phenols is 1. The molecule has 6 heteroatoms. The highest BCUT2D eigenvalue weighted by atomic mass is 16.3. The van der Waals surface area contributed by atoms with Crippen LogP contribution in [-0.4, -0.2) is 11.0 Å². The average molecular weight is 257 g/mol. The van der Waals surface area contributed by atoms with E-state index in [9.17, 15) is 14.8 Å². The molecule has 0 atom stereocenters. The van der Waals surface area contributed by atoms with Crippen LogP contribution in [0.4, 0.5) is 11.4 Å². The molecule has 19 heavy (non-hydrogen) atoms. The summed E-state index contributed by atoms with van der Waals surface area (Å²) < 4.78 is 0. The fourth-order valence-corrected chi connectivity index (χ4v) is 1.47. The number of rotatable bonds is 4. The van der Waals surface area contributed by atoms with Crippen molar-refractivity contribution in [1.29, 1.82) is 0 Å². The first-order valence-electron chi connectivity index (χ1n) is 5.48. The Morgan fingerprint density at radius 3 is 2.37 bits per heavy atom. The molecule has 1 amide bonds. The van der Waals surface area contributed by atoms with Crippen molar-refractivity contribution in [2.45, 2.75) is 0 Å². The third kappa shape index (κ3) is 3.06. The summed E-state index contributed by atoms with van der Waals surface area (Å²) in [6.45, 7) is 0. The minimum atomic E-state index is -0.462. The van der Waals surface area contributed by atoms with E-state index in [0.29, 0.717) is 11.4 Å². The van der Waals surface area contributed by atoms with Crippen LogP contribution in [0, 0.1) is 4.91 Å². The van der Waals surface area contributed by atoms with E-state index in [4.69, 9.17) is 0 Å². The van der Waals surface area contributed by atoms with E-state index >= 15 is 0 Å². The van der Waals surface area contributed by atoms with E-state index in [1.807, 2.05) is 0 Å². The first kappa shape index (κ1) is 12.6. The van der Waals surface area contributed by atoms with Gasteiger partial charge < -0.3 is 5.11 Å². The molecule has 0 saturated carbocycles.